The Labute approximate surface area is 197 Å². The van der Waals surface area contributed by atoms with Gasteiger partial charge in [-0.2, -0.15) is 9.61 Å². The van der Waals surface area contributed by atoms with Gasteiger partial charge in [0.05, 0.1) is 6.33 Å². The van der Waals surface area contributed by atoms with Crippen molar-refractivity contribution in [2.24, 2.45) is 0 Å². The van der Waals surface area contributed by atoms with E-state index in [0.717, 1.165) is 22.4 Å². The number of aromatic nitrogens is 5. The highest BCUT2D eigenvalue weighted by Crippen LogP contribution is 2.41. The normalized spacial score (nSPS) is 11.6. The molecular formula is C28H22N6. The summed E-state index contributed by atoms with van der Waals surface area (Å²) in [6, 6.07) is 35.2. The second-order valence-electron chi connectivity index (χ2n) is 8.14. The summed E-state index contributed by atoms with van der Waals surface area (Å²) >= 11 is 0. The molecule has 0 unspecified atom stereocenters. The Hall–Kier alpha value is -4.71. The van der Waals surface area contributed by atoms with Crippen molar-refractivity contribution in [3.05, 3.63) is 139 Å². The van der Waals surface area contributed by atoms with Gasteiger partial charge in [-0.1, -0.05) is 91.0 Å². The summed E-state index contributed by atoms with van der Waals surface area (Å²) in [6.45, 7) is 0. The molecule has 6 rings (SSSR count). The molecule has 164 valence electrons. The molecule has 0 bridgehead atoms. The third-order valence-corrected chi connectivity index (χ3v) is 6.19. The van der Waals surface area contributed by atoms with Crippen LogP contribution in [0.2, 0.25) is 0 Å². The van der Waals surface area contributed by atoms with Crippen molar-refractivity contribution in [3.8, 4) is 11.4 Å². The van der Waals surface area contributed by atoms with E-state index in [1.54, 1.807) is 16.8 Å². The van der Waals surface area contributed by atoms with Crippen LogP contribution in [0.15, 0.2) is 122 Å². The van der Waals surface area contributed by atoms with Crippen LogP contribution in [0.25, 0.3) is 17.0 Å². The number of nitrogen functional groups attached to an aromatic ring is 1. The molecule has 6 heteroatoms. The molecule has 6 nitrogen and oxygen atoms in total. The van der Waals surface area contributed by atoms with Gasteiger partial charge in [-0.3, -0.25) is 0 Å². The Kier molecular flexibility index (Phi) is 4.70. The zero-order valence-corrected chi connectivity index (χ0v) is 18.4. The van der Waals surface area contributed by atoms with E-state index in [2.05, 4.69) is 87.4 Å². The van der Waals surface area contributed by atoms with Crippen molar-refractivity contribution in [2.75, 3.05) is 5.73 Å². The van der Waals surface area contributed by atoms with Gasteiger partial charge < -0.3 is 10.3 Å². The average Bonchev–Trinajstić information content (AvgIpc) is 3.55. The van der Waals surface area contributed by atoms with Gasteiger partial charge in [-0.05, 0) is 22.8 Å². The molecule has 34 heavy (non-hydrogen) atoms. The molecule has 0 aliphatic heterocycles. The lowest BCUT2D eigenvalue weighted by Crippen LogP contribution is -2.36. The van der Waals surface area contributed by atoms with E-state index in [1.165, 1.54) is 0 Å². The molecule has 0 saturated carbocycles. The molecule has 0 aliphatic rings. The van der Waals surface area contributed by atoms with Gasteiger partial charge in [0.15, 0.2) is 5.65 Å². The highest BCUT2D eigenvalue weighted by atomic mass is 15.3. The molecule has 0 aliphatic carbocycles. The van der Waals surface area contributed by atoms with E-state index in [-0.39, 0.29) is 0 Å². The number of anilines is 1. The Balaban J connectivity index is 1.61. The van der Waals surface area contributed by atoms with Crippen LogP contribution in [0.1, 0.15) is 16.7 Å². The van der Waals surface area contributed by atoms with Crippen LogP contribution in [-0.4, -0.2) is 24.1 Å². The van der Waals surface area contributed by atoms with Gasteiger partial charge in [0, 0.05) is 18.5 Å². The summed E-state index contributed by atoms with van der Waals surface area (Å²) in [5.74, 6) is 0.530. The molecule has 0 spiro atoms. The number of hydrogen-bond acceptors (Lipinski definition) is 4. The second-order valence-corrected chi connectivity index (χ2v) is 8.14. The molecular weight excluding hydrogens is 420 g/mol. The van der Waals surface area contributed by atoms with Crippen LogP contribution in [0, 0.1) is 0 Å². The smallest absolute Gasteiger partial charge is 0.157 e. The first-order chi connectivity index (χ1) is 16.8. The van der Waals surface area contributed by atoms with Crippen LogP contribution in [0.3, 0.4) is 0 Å². The topological polar surface area (TPSA) is 74.0 Å². The third-order valence-electron chi connectivity index (χ3n) is 6.19. The highest BCUT2D eigenvalue weighted by Gasteiger charge is 2.38. The number of nitrogens with two attached hydrogens (primary N) is 1. The number of benzene rings is 3. The maximum atomic E-state index is 6.08. The van der Waals surface area contributed by atoms with E-state index in [9.17, 15) is 0 Å². The first kappa shape index (κ1) is 19.9. The lowest BCUT2D eigenvalue weighted by Gasteiger charge is -2.37. The van der Waals surface area contributed by atoms with E-state index in [0.29, 0.717) is 17.2 Å². The Bertz CT molecular complexity index is 1460. The van der Waals surface area contributed by atoms with Gasteiger partial charge in [0.25, 0.3) is 0 Å². The number of hydrogen-bond donors (Lipinski definition) is 1. The average molecular weight is 443 g/mol. The quantitative estimate of drug-likeness (QED) is 0.381. The molecule has 0 atom stereocenters. The highest BCUT2D eigenvalue weighted by molar-refractivity contribution is 5.62. The minimum atomic E-state index is -0.620. The first-order valence-corrected chi connectivity index (χ1v) is 11.1. The van der Waals surface area contributed by atoms with Gasteiger partial charge >= 0.3 is 0 Å². The Morgan fingerprint density at radius 2 is 1.21 bits per heavy atom. The number of rotatable bonds is 5. The molecule has 0 saturated heterocycles. The summed E-state index contributed by atoms with van der Waals surface area (Å²) in [5, 5.41) is 4.65. The molecule has 0 radical (unpaired) electrons. The fourth-order valence-electron chi connectivity index (χ4n) is 4.66. The summed E-state index contributed by atoms with van der Waals surface area (Å²) in [5.41, 5.74) is 11.0. The molecule has 3 aromatic carbocycles. The van der Waals surface area contributed by atoms with Crippen molar-refractivity contribution < 1.29 is 0 Å². The molecule has 3 heterocycles. The predicted octanol–water partition coefficient (Wildman–Crippen LogP) is 5.02. The van der Waals surface area contributed by atoms with Gasteiger partial charge in [0.1, 0.15) is 22.7 Å². The first-order valence-electron chi connectivity index (χ1n) is 11.1. The van der Waals surface area contributed by atoms with Crippen molar-refractivity contribution >= 4 is 11.5 Å². The van der Waals surface area contributed by atoms with Crippen molar-refractivity contribution in [3.63, 3.8) is 0 Å². The Morgan fingerprint density at radius 3 is 1.74 bits per heavy atom. The van der Waals surface area contributed by atoms with Gasteiger partial charge in [-0.15, -0.1) is 0 Å². The maximum Gasteiger partial charge on any atom is 0.157 e. The lowest BCUT2D eigenvalue weighted by molar-refractivity contribution is 0.515. The lowest BCUT2D eigenvalue weighted by atomic mass is 9.77. The summed E-state index contributed by atoms with van der Waals surface area (Å²) in [4.78, 5) is 9.14. The molecule has 6 aromatic rings. The monoisotopic (exact) mass is 442 g/mol. The Morgan fingerprint density at radius 1 is 0.647 bits per heavy atom. The zero-order valence-electron chi connectivity index (χ0n) is 18.4. The number of imidazole rings is 1. The minimum absolute atomic E-state index is 0.530. The fourth-order valence-corrected chi connectivity index (χ4v) is 4.66. The fraction of sp³-hybridized carbons (Fsp3) is 0.0357. The van der Waals surface area contributed by atoms with Gasteiger partial charge in [0.2, 0.25) is 0 Å². The summed E-state index contributed by atoms with van der Waals surface area (Å²) in [7, 11) is 0. The number of nitrogens with zero attached hydrogens (tertiary/aromatic N) is 5. The van der Waals surface area contributed by atoms with Crippen LogP contribution < -0.4 is 5.73 Å². The van der Waals surface area contributed by atoms with Crippen LogP contribution in [0.5, 0.6) is 0 Å². The summed E-state index contributed by atoms with van der Waals surface area (Å²) < 4.78 is 3.80. The SMILES string of the molecule is Nc1ccnc2cc(-c3cn(C(c4ccccc4)(c4ccccc4)c4ccccc4)cn3)nn12. The molecule has 3 aromatic heterocycles. The number of fused-ring (bicyclic) bond motifs is 1. The van der Waals surface area contributed by atoms with Gasteiger partial charge in [-0.25, -0.2) is 9.97 Å². The van der Waals surface area contributed by atoms with Crippen LogP contribution in [0.4, 0.5) is 5.82 Å². The van der Waals surface area contributed by atoms with Crippen molar-refractivity contribution in [1.29, 1.82) is 0 Å². The third kappa shape index (κ3) is 3.08. The van der Waals surface area contributed by atoms with Crippen molar-refractivity contribution in [1.82, 2.24) is 24.1 Å². The molecule has 0 fully saturated rings. The van der Waals surface area contributed by atoms with Crippen molar-refractivity contribution in [2.45, 2.75) is 5.54 Å². The minimum Gasteiger partial charge on any atom is -0.384 e. The van der Waals surface area contributed by atoms with E-state index in [4.69, 9.17) is 10.7 Å². The van der Waals surface area contributed by atoms with E-state index >= 15 is 0 Å². The van der Waals surface area contributed by atoms with E-state index in [1.807, 2.05) is 36.8 Å². The standard InChI is InChI=1S/C28H22N6/c29-26-16-17-30-27-18-24(32-34(26)27)25-19-33(20-31-25)28(21-10-4-1-5-11-21,22-12-6-2-7-13-22)23-14-8-3-9-15-23/h1-20H,29H2. The molecule has 0 amide bonds. The summed E-state index contributed by atoms with van der Waals surface area (Å²) in [6.07, 6.45) is 5.61. The van der Waals surface area contributed by atoms with Crippen LogP contribution in [-0.2, 0) is 5.54 Å². The maximum absolute atomic E-state index is 6.08. The largest absolute Gasteiger partial charge is 0.384 e. The zero-order chi connectivity index (χ0) is 23.0. The molecule has 2 N–H and O–H groups in total. The van der Waals surface area contributed by atoms with E-state index < -0.39 is 5.54 Å². The van der Waals surface area contributed by atoms with Crippen LogP contribution >= 0.6 is 0 Å². The predicted molar refractivity (Wildman–Crippen MR) is 133 cm³/mol. The second kappa shape index (κ2) is 8.01.